The van der Waals surface area contributed by atoms with Crippen molar-refractivity contribution < 1.29 is 19.7 Å². The molecule has 0 aromatic heterocycles. The van der Waals surface area contributed by atoms with Crippen molar-refractivity contribution in [1.82, 2.24) is 4.90 Å². The van der Waals surface area contributed by atoms with Crippen molar-refractivity contribution in [3.8, 4) is 11.5 Å². The van der Waals surface area contributed by atoms with Crippen LogP contribution in [0.4, 0.5) is 0 Å². The van der Waals surface area contributed by atoms with Crippen LogP contribution in [0.2, 0.25) is 0 Å². The van der Waals surface area contributed by atoms with Crippen molar-refractivity contribution >= 4 is 5.97 Å². The average Bonchev–Trinajstić information content (AvgIpc) is 2.32. The van der Waals surface area contributed by atoms with Crippen molar-refractivity contribution in [2.24, 2.45) is 0 Å². The molecule has 0 radical (unpaired) electrons. The first-order chi connectivity index (χ1) is 8.49. The Labute approximate surface area is 107 Å². The van der Waals surface area contributed by atoms with Crippen LogP contribution in [0.3, 0.4) is 0 Å². The maximum absolute atomic E-state index is 11.0. The van der Waals surface area contributed by atoms with Crippen molar-refractivity contribution in [3.63, 3.8) is 0 Å². The monoisotopic (exact) mass is 253 g/mol. The van der Waals surface area contributed by atoms with Gasteiger partial charge in [0.2, 0.25) is 0 Å². The number of rotatable bonds is 6. The first kappa shape index (κ1) is 14.3. The van der Waals surface area contributed by atoms with Crippen LogP contribution < -0.4 is 4.74 Å². The highest BCUT2D eigenvalue weighted by Gasteiger charge is 2.21. The molecule has 5 nitrogen and oxygen atoms in total. The molecule has 0 spiro atoms. The summed E-state index contributed by atoms with van der Waals surface area (Å²) in [6, 6.07) is 4.35. The number of carbonyl (C=O) groups is 1. The molecule has 2 N–H and O–H groups in total. The van der Waals surface area contributed by atoms with Gasteiger partial charge in [-0.15, -0.1) is 0 Å². The Balaban J connectivity index is 2.86. The second-order valence-electron chi connectivity index (χ2n) is 4.17. The lowest BCUT2D eigenvalue weighted by Crippen LogP contribution is -2.37. The Kier molecular flexibility index (Phi) is 4.97. The summed E-state index contributed by atoms with van der Waals surface area (Å²) in [6.07, 6.45) is 0.510. The smallest absolute Gasteiger partial charge is 0.320 e. The molecule has 0 amide bonds. The maximum atomic E-state index is 11.0. The van der Waals surface area contributed by atoms with Gasteiger partial charge in [-0.3, -0.25) is 9.69 Å². The Hall–Kier alpha value is -1.75. The molecule has 0 heterocycles. The first-order valence-corrected chi connectivity index (χ1v) is 5.78. The van der Waals surface area contributed by atoms with E-state index in [9.17, 15) is 9.90 Å². The Morgan fingerprint density at radius 1 is 1.50 bits per heavy atom. The molecule has 1 unspecified atom stereocenters. The van der Waals surface area contributed by atoms with Gasteiger partial charge in [0.15, 0.2) is 0 Å². The third kappa shape index (κ3) is 3.37. The summed E-state index contributed by atoms with van der Waals surface area (Å²) in [5.74, 6) is -0.0788. The second kappa shape index (κ2) is 6.26. The molecule has 1 aromatic carbocycles. The maximum Gasteiger partial charge on any atom is 0.320 e. The van der Waals surface area contributed by atoms with Gasteiger partial charge in [0.05, 0.1) is 7.11 Å². The number of likely N-dealkylation sites (N-methyl/N-ethyl adjacent to an activating group) is 1. The molecular formula is C13H19NO4. The van der Waals surface area contributed by atoms with Gasteiger partial charge in [0, 0.05) is 12.1 Å². The van der Waals surface area contributed by atoms with E-state index in [1.807, 2.05) is 6.92 Å². The lowest BCUT2D eigenvalue weighted by Gasteiger charge is -2.23. The van der Waals surface area contributed by atoms with Crippen LogP contribution in [-0.4, -0.2) is 41.3 Å². The molecule has 1 rings (SSSR count). The van der Waals surface area contributed by atoms with Crippen molar-refractivity contribution in [1.29, 1.82) is 0 Å². The van der Waals surface area contributed by atoms with E-state index in [0.717, 1.165) is 0 Å². The van der Waals surface area contributed by atoms with Crippen molar-refractivity contribution in [2.75, 3.05) is 14.2 Å². The predicted octanol–water partition coefficient (Wildman–Crippen LogP) is 1.70. The minimum atomic E-state index is -0.859. The summed E-state index contributed by atoms with van der Waals surface area (Å²) in [4.78, 5) is 12.7. The number of hydrogen-bond donors (Lipinski definition) is 2. The van der Waals surface area contributed by atoms with Gasteiger partial charge >= 0.3 is 5.97 Å². The first-order valence-electron chi connectivity index (χ1n) is 5.78. The second-order valence-corrected chi connectivity index (χ2v) is 4.17. The highest BCUT2D eigenvalue weighted by molar-refractivity contribution is 5.73. The lowest BCUT2D eigenvalue weighted by molar-refractivity contribution is -0.143. The molecular weight excluding hydrogens is 234 g/mol. The van der Waals surface area contributed by atoms with E-state index >= 15 is 0 Å². The summed E-state index contributed by atoms with van der Waals surface area (Å²) < 4.78 is 5.08. The summed E-state index contributed by atoms with van der Waals surface area (Å²) in [5.41, 5.74) is 0.650. The van der Waals surface area contributed by atoms with Crippen LogP contribution in [0.1, 0.15) is 18.9 Å². The van der Waals surface area contributed by atoms with Crippen LogP contribution in [0, 0.1) is 0 Å². The van der Waals surface area contributed by atoms with Gasteiger partial charge in [-0.2, -0.15) is 0 Å². The fourth-order valence-corrected chi connectivity index (χ4v) is 1.87. The zero-order chi connectivity index (χ0) is 13.7. The summed E-state index contributed by atoms with van der Waals surface area (Å²) >= 11 is 0. The third-order valence-electron chi connectivity index (χ3n) is 2.91. The van der Waals surface area contributed by atoms with Gasteiger partial charge in [0.25, 0.3) is 0 Å². The van der Waals surface area contributed by atoms with Crippen molar-refractivity contribution in [2.45, 2.75) is 25.9 Å². The SMILES string of the molecule is CCC(C(=O)O)N(C)Cc1cc(OC)ccc1O. The van der Waals surface area contributed by atoms with Gasteiger partial charge in [-0.05, 0) is 31.7 Å². The van der Waals surface area contributed by atoms with Crippen LogP contribution in [-0.2, 0) is 11.3 Å². The molecule has 1 aromatic rings. The Bertz CT molecular complexity index is 419. The molecule has 0 aliphatic heterocycles. The van der Waals surface area contributed by atoms with Gasteiger partial charge in [-0.1, -0.05) is 6.92 Å². The van der Waals surface area contributed by atoms with E-state index < -0.39 is 12.0 Å². The molecule has 18 heavy (non-hydrogen) atoms. The Morgan fingerprint density at radius 3 is 2.67 bits per heavy atom. The molecule has 0 saturated heterocycles. The molecule has 0 bridgehead atoms. The van der Waals surface area contributed by atoms with E-state index in [0.29, 0.717) is 24.3 Å². The van der Waals surface area contributed by atoms with Gasteiger partial charge < -0.3 is 14.9 Å². The van der Waals surface area contributed by atoms with Crippen LogP contribution >= 0.6 is 0 Å². The molecule has 0 saturated carbocycles. The fraction of sp³-hybridized carbons (Fsp3) is 0.462. The van der Waals surface area contributed by atoms with E-state index in [1.54, 1.807) is 37.3 Å². The van der Waals surface area contributed by atoms with Gasteiger partial charge in [-0.25, -0.2) is 0 Å². The minimum absolute atomic E-state index is 0.142. The number of phenols is 1. The summed E-state index contributed by atoms with van der Waals surface area (Å²) in [6.45, 7) is 2.18. The zero-order valence-corrected chi connectivity index (χ0v) is 10.9. The lowest BCUT2D eigenvalue weighted by atomic mass is 10.1. The molecule has 100 valence electrons. The number of hydrogen-bond acceptors (Lipinski definition) is 4. The molecule has 0 aliphatic rings. The van der Waals surface area contributed by atoms with E-state index in [4.69, 9.17) is 9.84 Å². The van der Waals surface area contributed by atoms with Crippen LogP contribution in [0.15, 0.2) is 18.2 Å². The number of methoxy groups -OCH3 is 1. The van der Waals surface area contributed by atoms with Crippen LogP contribution in [0.25, 0.3) is 0 Å². The molecule has 0 fully saturated rings. The van der Waals surface area contributed by atoms with Gasteiger partial charge in [0.1, 0.15) is 17.5 Å². The summed E-state index contributed by atoms with van der Waals surface area (Å²) in [5, 5.41) is 18.8. The standard InChI is InChI=1S/C13H19NO4/c1-4-11(13(16)17)14(2)8-9-7-10(18-3)5-6-12(9)15/h5-7,11,15H,4,8H2,1-3H3,(H,16,17). The highest BCUT2D eigenvalue weighted by Crippen LogP contribution is 2.24. The molecule has 0 aliphatic carbocycles. The quantitative estimate of drug-likeness (QED) is 0.807. The molecule has 1 atom stereocenters. The number of aliphatic carboxylic acids is 1. The third-order valence-corrected chi connectivity index (χ3v) is 2.91. The normalized spacial score (nSPS) is 12.4. The topological polar surface area (TPSA) is 70.0 Å². The fourth-order valence-electron chi connectivity index (χ4n) is 1.87. The Morgan fingerprint density at radius 2 is 2.17 bits per heavy atom. The highest BCUT2D eigenvalue weighted by atomic mass is 16.5. The number of benzene rings is 1. The largest absolute Gasteiger partial charge is 0.508 e. The number of carboxylic acid groups (broad SMARTS) is 1. The minimum Gasteiger partial charge on any atom is -0.508 e. The van der Waals surface area contributed by atoms with E-state index in [2.05, 4.69) is 0 Å². The molecule has 5 heteroatoms. The zero-order valence-electron chi connectivity index (χ0n) is 10.9. The van der Waals surface area contributed by atoms with E-state index in [1.165, 1.54) is 0 Å². The predicted molar refractivity (Wildman–Crippen MR) is 67.8 cm³/mol. The number of aromatic hydroxyl groups is 1. The number of ether oxygens (including phenoxy) is 1. The van der Waals surface area contributed by atoms with E-state index in [-0.39, 0.29) is 5.75 Å². The number of nitrogens with zero attached hydrogens (tertiary/aromatic N) is 1. The summed E-state index contributed by atoms with van der Waals surface area (Å²) in [7, 11) is 3.27. The van der Waals surface area contributed by atoms with Crippen molar-refractivity contribution in [3.05, 3.63) is 23.8 Å². The average molecular weight is 253 g/mol. The number of phenolic OH excluding ortho intramolecular Hbond substituents is 1. The number of carboxylic acids is 1. The van der Waals surface area contributed by atoms with Crippen LogP contribution in [0.5, 0.6) is 11.5 Å².